The Morgan fingerprint density at radius 3 is 2.26 bits per heavy atom. The zero-order valence-corrected chi connectivity index (χ0v) is 24.4. The van der Waals surface area contributed by atoms with Crippen LogP contribution in [0.25, 0.3) is 0 Å². The van der Waals surface area contributed by atoms with Gasteiger partial charge in [0.05, 0.1) is 18.1 Å². The Kier molecular flexibility index (Phi) is 9.42. The first-order chi connectivity index (χ1) is 18.3. The molecule has 8 nitrogen and oxygen atoms in total. The maximum atomic E-state index is 13.7. The number of allylic oxidation sites excluding steroid dienone is 3. The number of ether oxygens (including phenoxy) is 4. The summed E-state index contributed by atoms with van der Waals surface area (Å²) in [6.45, 7) is 19.0. The van der Waals surface area contributed by atoms with Crippen molar-refractivity contribution in [3.63, 3.8) is 0 Å². The van der Waals surface area contributed by atoms with Gasteiger partial charge in [-0.3, -0.25) is 9.59 Å². The number of rotatable bonds is 9. The molecule has 0 aromatic rings. The predicted octanol–water partition coefficient (Wildman–Crippen LogP) is 4.83. The summed E-state index contributed by atoms with van der Waals surface area (Å²) in [5, 5.41) is 0. The van der Waals surface area contributed by atoms with Crippen molar-refractivity contribution < 1.29 is 38.1 Å². The minimum atomic E-state index is -1.12. The fourth-order valence-electron chi connectivity index (χ4n) is 5.49. The Morgan fingerprint density at radius 1 is 1.10 bits per heavy atom. The van der Waals surface area contributed by atoms with Crippen LogP contribution in [-0.4, -0.2) is 54.2 Å². The Bertz CT molecular complexity index is 1120. The lowest BCUT2D eigenvalue weighted by Crippen LogP contribution is -2.56. The van der Waals surface area contributed by atoms with Gasteiger partial charge in [-0.25, -0.2) is 9.59 Å². The second-order valence-corrected chi connectivity index (χ2v) is 11.1. The number of epoxide rings is 1. The standard InChI is InChI=1S/C31H42O8/c1-10-16(5)14-21(32)37-26-19(8)22-23(20(13-4)25(33)27(22)38-29(34)17(6)11-2)24(31(9)15-36-31)28(26)39-30(35)18(7)12-3/h12-14,17,22-24,26-28H,8,10-11,15H2,1-7,9H3/b16-14+,18-12-,20-13-/t17?,22-,23+,24-,26-,27-,28+,31+/m0/s1. The summed E-state index contributed by atoms with van der Waals surface area (Å²) in [5.74, 6) is -4.09. The van der Waals surface area contributed by atoms with Gasteiger partial charge in [-0.15, -0.1) is 0 Å². The highest BCUT2D eigenvalue weighted by molar-refractivity contribution is 6.04. The number of esters is 3. The maximum absolute atomic E-state index is 13.7. The van der Waals surface area contributed by atoms with Gasteiger partial charge in [-0.1, -0.05) is 45.1 Å². The molecule has 0 bridgehead atoms. The van der Waals surface area contributed by atoms with Crippen molar-refractivity contribution in [2.75, 3.05) is 6.61 Å². The predicted molar refractivity (Wildman–Crippen MR) is 145 cm³/mol. The fraction of sp³-hybridized carbons (Fsp3) is 0.613. The number of carbonyl (C=O) groups excluding carboxylic acids is 4. The highest BCUT2D eigenvalue weighted by Crippen LogP contribution is 2.58. The molecule has 2 aliphatic carbocycles. The molecule has 0 amide bonds. The molecule has 0 spiro atoms. The molecule has 3 fully saturated rings. The van der Waals surface area contributed by atoms with Gasteiger partial charge in [-0.05, 0) is 58.6 Å². The highest BCUT2D eigenvalue weighted by Gasteiger charge is 2.67. The van der Waals surface area contributed by atoms with Crippen LogP contribution < -0.4 is 0 Å². The summed E-state index contributed by atoms with van der Waals surface area (Å²) in [6, 6.07) is 0. The Balaban J connectivity index is 2.16. The molecule has 0 aromatic carbocycles. The minimum Gasteiger partial charge on any atom is -0.454 e. The molecule has 3 rings (SSSR count). The van der Waals surface area contributed by atoms with E-state index in [9.17, 15) is 19.2 Å². The summed E-state index contributed by atoms with van der Waals surface area (Å²) < 4.78 is 23.7. The normalized spacial score (nSPS) is 34.4. The molecule has 8 heteroatoms. The van der Waals surface area contributed by atoms with Crippen molar-refractivity contribution in [3.05, 3.63) is 47.1 Å². The molecule has 0 aromatic heterocycles. The first-order valence-corrected chi connectivity index (χ1v) is 13.8. The topological polar surface area (TPSA) is 109 Å². The molecule has 1 heterocycles. The number of ketones is 1. The van der Waals surface area contributed by atoms with Crippen LogP contribution in [0, 0.1) is 23.7 Å². The van der Waals surface area contributed by atoms with Gasteiger partial charge >= 0.3 is 17.9 Å². The van der Waals surface area contributed by atoms with Gasteiger partial charge in [0, 0.05) is 29.4 Å². The van der Waals surface area contributed by atoms with Gasteiger partial charge in [0.25, 0.3) is 0 Å². The first-order valence-electron chi connectivity index (χ1n) is 13.8. The van der Waals surface area contributed by atoms with E-state index >= 15 is 0 Å². The van der Waals surface area contributed by atoms with E-state index in [0.717, 1.165) is 5.57 Å². The van der Waals surface area contributed by atoms with Crippen molar-refractivity contribution in [2.45, 2.75) is 92.1 Å². The van der Waals surface area contributed by atoms with E-state index in [1.54, 1.807) is 39.8 Å². The summed E-state index contributed by atoms with van der Waals surface area (Å²) in [7, 11) is 0. The van der Waals surface area contributed by atoms with Crippen LogP contribution in [0.2, 0.25) is 0 Å². The minimum absolute atomic E-state index is 0.317. The zero-order chi connectivity index (χ0) is 29.2. The van der Waals surface area contributed by atoms with Crippen molar-refractivity contribution in [2.24, 2.45) is 23.7 Å². The van der Waals surface area contributed by atoms with Crippen LogP contribution in [0.5, 0.6) is 0 Å². The number of Topliss-reactive ketones (excluding diaryl/α,β-unsaturated/α-hetero) is 1. The average molecular weight is 543 g/mol. The van der Waals surface area contributed by atoms with E-state index in [1.165, 1.54) is 6.08 Å². The molecule has 2 saturated carbocycles. The summed E-state index contributed by atoms with van der Waals surface area (Å²) in [6.07, 6.45) is 2.81. The van der Waals surface area contributed by atoms with E-state index in [1.807, 2.05) is 27.7 Å². The number of carbonyl (C=O) groups is 4. The third-order valence-corrected chi connectivity index (χ3v) is 8.48. The lowest BCUT2D eigenvalue weighted by molar-refractivity contribution is -0.176. The van der Waals surface area contributed by atoms with E-state index < -0.39 is 65.5 Å². The molecule has 8 atom stereocenters. The SMILES string of the molecule is C=C1[C@H]2[C@@H](/C(=C/C)C(=O)[C@H]2OC(=O)C(C)CC)[C@H]([C@@]2(C)CO2)[C@@H](OC(=O)/C(C)=C\C)[C@H]1OC(=O)/C=C(\C)CC. The first kappa shape index (κ1) is 30.5. The summed E-state index contributed by atoms with van der Waals surface area (Å²) >= 11 is 0. The van der Waals surface area contributed by atoms with Gasteiger partial charge in [0.1, 0.15) is 6.10 Å². The number of hydrogen-bond acceptors (Lipinski definition) is 8. The van der Waals surface area contributed by atoms with Crippen LogP contribution in [0.15, 0.2) is 47.1 Å². The molecular formula is C31H42O8. The third kappa shape index (κ3) is 5.96. The Labute approximate surface area is 231 Å². The summed E-state index contributed by atoms with van der Waals surface area (Å²) in [4.78, 5) is 52.6. The van der Waals surface area contributed by atoms with Gasteiger partial charge < -0.3 is 18.9 Å². The van der Waals surface area contributed by atoms with Crippen LogP contribution in [0.3, 0.4) is 0 Å². The molecule has 1 saturated heterocycles. The second-order valence-electron chi connectivity index (χ2n) is 11.1. The molecule has 39 heavy (non-hydrogen) atoms. The molecule has 1 aliphatic heterocycles. The monoisotopic (exact) mass is 542 g/mol. The highest BCUT2D eigenvalue weighted by atomic mass is 16.6. The van der Waals surface area contributed by atoms with Gasteiger partial charge in [0.2, 0.25) is 0 Å². The molecular weight excluding hydrogens is 500 g/mol. The van der Waals surface area contributed by atoms with Crippen molar-refractivity contribution in [1.82, 2.24) is 0 Å². The number of hydrogen-bond donors (Lipinski definition) is 0. The smallest absolute Gasteiger partial charge is 0.333 e. The molecule has 0 N–H and O–H groups in total. The largest absolute Gasteiger partial charge is 0.454 e. The van der Waals surface area contributed by atoms with Crippen LogP contribution in [0.4, 0.5) is 0 Å². The van der Waals surface area contributed by atoms with Crippen molar-refractivity contribution in [3.8, 4) is 0 Å². The Hall–Kier alpha value is -3.00. The summed E-state index contributed by atoms with van der Waals surface area (Å²) in [5.41, 5.74) is 1.31. The third-order valence-electron chi connectivity index (χ3n) is 8.48. The Morgan fingerprint density at radius 2 is 1.74 bits per heavy atom. The quantitative estimate of drug-likeness (QED) is 0.134. The lowest BCUT2D eigenvalue weighted by Gasteiger charge is -2.47. The molecule has 3 aliphatic rings. The van der Waals surface area contributed by atoms with E-state index in [0.29, 0.717) is 36.2 Å². The van der Waals surface area contributed by atoms with Gasteiger partial charge in [-0.2, -0.15) is 0 Å². The number of fused-ring (bicyclic) bond motifs is 1. The molecule has 214 valence electrons. The van der Waals surface area contributed by atoms with E-state index in [4.69, 9.17) is 18.9 Å². The van der Waals surface area contributed by atoms with Crippen molar-refractivity contribution in [1.29, 1.82) is 0 Å². The van der Waals surface area contributed by atoms with Crippen LogP contribution in [-0.2, 0) is 38.1 Å². The molecule has 1 unspecified atom stereocenters. The van der Waals surface area contributed by atoms with Crippen LogP contribution >= 0.6 is 0 Å². The molecule has 0 radical (unpaired) electrons. The maximum Gasteiger partial charge on any atom is 0.333 e. The van der Waals surface area contributed by atoms with E-state index in [2.05, 4.69) is 6.58 Å². The van der Waals surface area contributed by atoms with Crippen molar-refractivity contribution >= 4 is 23.7 Å². The van der Waals surface area contributed by atoms with Gasteiger partial charge in [0.15, 0.2) is 18.0 Å². The second kappa shape index (κ2) is 12.0. The fourth-order valence-corrected chi connectivity index (χ4v) is 5.49. The lowest BCUT2D eigenvalue weighted by atomic mass is 9.63. The van der Waals surface area contributed by atoms with E-state index in [-0.39, 0.29) is 5.78 Å². The average Bonchev–Trinajstić information content (AvgIpc) is 3.59. The van der Waals surface area contributed by atoms with Crippen LogP contribution in [0.1, 0.15) is 68.2 Å². The zero-order valence-electron chi connectivity index (χ0n) is 24.4.